The van der Waals surface area contributed by atoms with Gasteiger partial charge in [0, 0.05) is 38.2 Å². The first-order chi connectivity index (χ1) is 14.9. The van der Waals surface area contributed by atoms with E-state index in [1.165, 1.54) is 0 Å². The summed E-state index contributed by atoms with van der Waals surface area (Å²) >= 11 is 0. The normalized spacial score (nSPS) is 18.3. The largest absolute Gasteiger partial charge is 0.342 e. The van der Waals surface area contributed by atoms with Crippen molar-refractivity contribution in [1.82, 2.24) is 14.3 Å². The fourth-order valence-corrected chi connectivity index (χ4v) is 6.27. The number of hydrogen-bond acceptors (Lipinski definition) is 4. The van der Waals surface area contributed by atoms with Gasteiger partial charge in [-0.15, -0.1) is 0 Å². The number of amides is 1. The third-order valence-corrected chi connectivity index (χ3v) is 8.33. The van der Waals surface area contributed by atoms with Crippen LogP contribution in [0.4, 0.5) is 5.69 Å². The van der Waals surface area contributed by atoms with E-state index in [1.807, 2.05) is 24.3 Å². The van der Waals surface area contributed by atoms with Gasteiger partial charge in [0.1, 0.15) is 5.82 Å². The first-order valence-electron chi connectivity index (χ1n) is 10.8. The van der Waals surface area contributed by atoms with E-state index in [1.54, 1.807) is 34.3 Å². The third kappa shape index (κ3) is 3.64. The van der Waals surface area contributed by atoms with E-state index in [0.29, 0.717) is 24.5 Å². The Balaban J connectivity index is 1.33. The number of aromatic nitrogens is 2. The van der Waals surface area contributed by atoms with Crippen molar-refractivity contribution in [3.63, 3.8) is 0 Å². The van der Waals surface area contributed by atoms with Gasteiger partial charge in [0.05, 0.1) is 15.9 Å². The minimum Gasteiger partial charge on any atom is -0.342 e. The van der Waals surface area contributed by atoms with Gasteiger partial charge >= 0.3 is 0 Å². The van der Waals surface area contributed by atoms with Gasteiger partial charge in [-0.2, -0.15) is 4.31 Å². The molecule has 0 aliphatic carbocycles. The lowest BCUT2D eigenvalue weighted by Crippen LogP contribution is -2.38. The van der Waals surface area contributed by atoms with Crippen LogP contribution >= 0.6 is 0 Å². The van der Waals surface area contributed by atoms with Crippen LogP contribution in [-0.4, -0.2) is 48.2 Å². The molecule has 1 N–H and O–H groups in total. The highest BCUT2D eigenvalue weighted by molar-refractivity contribution is 7.89. The van der Waals surface area contributed by atoms with Crippen molar-refractivity contribution < 1.29 is 13.2 Å². The summed E-state index contributed by atoms with van der Waals surface area (Å²) in [5.74, 6) is 1.16. The number of benzene rings is 2. The molecule has 2 aliphatic heterocycles. The Labute approximate surface area is 182 Å². The molecule has 0 spiro atoms. The molecule has 2 aromatic carbocycles. The highest BCUT2D eigenvalue weighted by Gasteiger charge is 2.32. The van der Waals surface area contributed by atoms with E-state index < -0.39 is 10.0 Å². The van der Waals surface area contributed by atoms with Crippen molar-refractivity contribution in [3.8, 4) is 0 Å². The van der Waals surface area contributed by atoms with Gasteiger partial charge in [0.2, 0.25) is 15.9 Å². The van der Waals surface area contributed by atoms with Crippen molar-refractivity contribution in [3.05, 3.63) is 53.9 Å². The summed E-state index contributed by atoms with van der Waals surface area (Å²) in [6.45, 7) is 3.18. The minimum absolute atomic E-state index is 0.00998. The molecule has 3 heterocycles. The van der Waals surface area contributed by atoms with Crippen LogP contribution in [0.2, 0.25) is 0 Å². The summed E-state index contributed by atoms with van der Waals surface area (Å²) in [6, 6.07) is 13.1. The monoisotopic (exact) mass is 438 g/mol. The molecule has 1 saturated heterocycles. The summed E-state index contributed by atoms with van der Waals surface area (Å²) in [7, 11) is -3.56. The Morgan fingerprint density at radius 3 is 2.61 bits per heavy atom. The zero-order valence-corrected chi connectivity index (χ0v) is 18.4. The molecule has 162 valence electrons. The Kier molecular flexibility index (Phi) is 5.06. The number of sulfonamides is 1. The summed E-state index contributed by atoms with van der Waals surface area (Å²) in [5, 5.41) is 0. The molecule has 7 nitrogen and oxygen atoms in total. The number of para-hydroxylation sites is 2. The highest BCUT2D eigenvalue weighted by Crippen LogP contribution is 2.33. The zero-order chi connectivity index (χ0) is 21.6. The van der Waals surface area contributed by atoms with E-state index in [-0.39, 0.29) is 11.8 Å². The van der Waals surface area contributed by atoms with Crippen LogP contribution in [0.5, 0.6) is 0 Å². The molecule has 5 rings (SSSR count). The second-order valence-corrected chi connectivity index (χ2v) is 10.3. The lowest BCUT2D eigenvalue weighted by atomic mass is 9.97. The van der Waals surface area contributed by atoms with Crippen LogP contribution in [0.15, 0.2) is 47.4 Å². The molecule has 1 amide bonds. The first kappa shape index (κ1) is 20.2. The summed E-state index contributed by atoms with van der Waals surface area (Å²) in [4.78, 5) is 22.0. The van der Waals surface area contributed by atoms with E-state index in [4.69, 9.17) is 4.98 Å². The predicted molar refractivity (Wildman–Crippen MR) is 120 cm³/mol. The second kappa shape index (κ2) is 7.76. The number of rotatable bonds is 3. The highest BCUT2D eigenvalue weighted by atomic mass is 32.2. The van der Waals surface area contributed by atoms with E-state index in [2.05, 4.69) is 4.98 Å². The molecule has 2 aliphatic rings. The molecule has 1 aromatic heterocycles. The van der Waals surface area contributed by atoms with Gasteiger partial charge in [-0.05, 0) is 61.6 Å². The molecule has 0 bridgehead atoms. The maximum Gasteiger partial charge on any atom is 0.243 e. The Bertz CT molecular complexity index is 1210. The molecule has 8 heteroatoms. The number of hydrogen-bond donors (Lipinski definition) is 1. The maximum atomic E-state index is 13.3. The molecule has 0 unspecified atom stereocenters. The SMILES string of the molecule is CC(=O)N1CCCc2cc(S(=O)(=O)N3CCC(c4nc5ccccc5[nH]4)CC3)ccc21. The summed E-state index contributed by atoms with van der Waals surface area (Å²) < 4.78 is 28.2. The first-order valence-corrected chi connectivity index (χ1v) is 12.2. The lowest BCUT2D eigenvalue weighted by Gasteiger charge is -2.32. The molecular weight excluding hydrogens is 412 g/mol. The van der Waals surface area contributed by atoms with Crippen LogP contribution in [0.3, 0.4) is 0 Å². The van der Waals surface area contributed by atoms with E-state index >= 15 is 0 Å². The molecule has 0 radical (unpaired) electrons. The van der Waals surface area contributed by atoms with Gasteiger partial charge < -0.3 is 9.88 Å². The molecule has 31 heavy (non-hydrogen) atoms. The number of carbonyl (C=O) groups excluding carboxylic acids is 1. The third-order valence-electron chi connectivity index (χ3n) is 6.44. The van der Waals surface area contributed by atoms with Crippen molar-refractivity contribution in [2.75, 3.05) is 24.5 Å². The van der Waals surface area contributed by atoms with Crippen molar-refractivity contribution >= 4 is 32.7 Å². The van der Waals surface area contributed by atoms with Crippen LogP contribution in [0.25, 0.3) is 11.0 Å². The standard InChI is InChI=1S/C23H26N4O3S/c1-16(28)27-12-4-5-18-15-19(8-9-22(18)27)31(29,30)26-13-10-17(11-14-26)23-24-20-6-2-3-7-21(20)25-23/h2-3,6-9,15,17H,4-5,10-14H2,1H3,(H,24,25). The number of aromatic amines is 1. The molecular formula is C23H26N4O3S. The van der Waals surface area contributed by atoms with Gasteiger partial charge in [0.25, 0.3) is 0 Å². The van der Waals surface area contributed by atoms with Crippen LogP contribution in [-0.2, 0) is 21.2 Å². The molecule has 0 saturated carbocycles. The average molecular weight is 439 g/mol. The Morgan fingerprint density at radius 2 is 1.87 bits per heavy atom. The number of anilines is 1. The quantitative estimate of drug-likeness (QED) is 0.679. The lowest BCUT2D eigenvalue weighted by molar-refractivity contribution is -0.116. The Hall–Kier alpha value is -2.71. The van der Waals surface area contributed by atoms with Crippen molar-refractivity contribution in [1.29, 1.82) is 0 Å². The number of nitrogens with zero attached hydrogens (tertiary/aromatic N) is 3. The average Bonchev–Trinajstić information content (AvgIpc) is 3.22. The summed E-state index contributed by atoms with van der Waals surface area (Å²) in [6.07, 6.45) is 3.11. The Morgan fingerprint density at radius 1 is 1.10 bits per heavy atom. The fourth-order valence-electron chi connectivity index (χ4n) is 4.75. The number of piperidine rings is 1. The van der Waals surface area contributed by atoms with Crippen molar-refractivity contribution in [2.24, 2.45) is 0 Å². The number of carbonyl (C=O) groups is 1. The second-order valence-electron chi connectivity index (χ2n) is 8.38. The zero-order valence-electron chi connectivity index (χ0n) is 17.5. The van der Waals surface area contributed by atoms with Crippen LogP contribution < -0.4 is 4.90 Å². The van der Waals surface area contributed by atoms with Crippen LogP contribution in [0, 0.1) is 0 Å². The molecule has 3 aromatic rings. The number of fused-ring (bicyclic) bond motifs is 2. The number of H-pyrrole nitrogens is 1. The summed E-state index contributed by atoms with van der Waals surface area (Å²) in [5.41, 5.74) is 3.73. The molecule has 1 fully saturated rings. The number of imidazole rings is 1. The maximum absolute atomic E-state index is 13.3. The minimum atomic E-state index is -3.56. The van der Waals surface area contributed by atoms with Gasteiger partial charge in [-0.25, -0.2) is 13.4 Å². The van der Waals surface area contributed by atoms with E-state index in [9.17, 15) is 13.2 Å². The molecule has 0 atom stereocenters. The van der Waals surface area contributed by atoms with Gasteiger partial charge in [-0.1, -0.05) is 12.1 Å². The number of nitrogens with one attached hydrogen (secondary N) is 1. The van der Waals surface area contributed by atoms with Gasteiger partial charge in [0.15, 0.2) is 0 Å². The van der Waals surface area contributed by atoms with Gasteiger partial charge in [-0.3, -0.25) is 4.79 Å². The predicted octanol–water partition coefficient (Wildman–Crippen LogP) is 3.43. The smallest absolute Gasteiger partial charge is 0.243 e. The topological polar surface area (TPSA) is 86.4 Å². The van der Waals surface area contributed by atoms with Crippen LogP contribution in [0.1, 0.15) is 43.5 Å². The fraction of sp³-hybridized carbons (Fsp3) is 0.391. The van der Waals surface area contributed by atoms with E-state index in [0.717, 1.165) is 53.8 Å². The number of aryl methyl sites for hydroxylation is 1. The van der Waals surface area contributed by atoms with Crippen molar-refractivity contribution in [2.45, 2.75) is 43.4 Å².